The van der Waals surface area contributed by atoms with Gasteiger partial charge >= 0.3 is 0 Å². The van der Waals surface area contributed by atoms with E-state index in [1.54, 1.807) is 5.51 Å². The van der Waals surface area contributed by atoms with Crippen LogP contribution in [-0.2, 0) is 19.3 Å². The molecule has 0 radical (unpaired) electrons. The maximum absolute atomic E-state index is 8.77. The minimum atomic E-state index is 0.408. The molecule has 2 aromatic heterocycles. The lowest BCUT2D eigenvalue weighted by Gasteiger charge is -2.19. The Bertz CT molecular complexity index is 929. The zero-order valence-electron chi connectivity index (χ0n) is 14.1. The lowest BCUT2D eigenvalue weighted by molar-refractivity contribution is 0.665. The molecule has 0 atom stereocenters. The molecule has 7 nitrogen and oxygen atoms in total. The molecule has 0 fully saturated rings. The first-order valence-corrected chi connectivity index (χ1v) is 9.35. The zero-order valence-corrected chi connectivity index (χ0v) is 14.9. The van der Waals surface area contributed by atoms with Gasteiger partial charge in [0.2, 0.25) is 11.1 Å². The molecule has 130 valence electrons. The summed E-state index contributed by atoms with van der Waals surface area (Å²) in [7, 11) is 0. The molecule has 0 saturated heterocycles. The Labute approximate surface area is 155 Å². The SMILES string of the molecule is N#CCc1ccc(Nc2nc3c(c(Nc4nncs4)n2)CCCC3)cc1. The van der Waals surface area contributed by atoms with Gasteiger partial charge in [-0.15, -0.1) is 10.2 Å². The third kappa shape index (κ3) is 3.63. The molecule has 0 aliphatic heterocycles. The normalized spacial score (nSPS) is 12.9. The number of nitrogens with one attached hydrogen (secondary N) is 2. The molecule has 1 aliphatic rings. The second-order valence-corrected chi connectivity index (χ2v) is 6.89. The summed E-state index contributed by atoms with van der Waals surface area (Å²) in [5.41, 5.74) is 5.83. The maximum Gasteiger partial charge on any atom is 0.229 e. The van der Waals surface area contributed by atoms with E-state index in [0.717, 1.165) is 53.6 Å². The van der Waals surface area contributed by atoms with E-state index in [2.05, 4.69) is 31.9 Å². The lowest BCUT2D eigenvalue weighted by atomic mass is 9.96. The second kappa shape index (κ2) is 7.45. The maximum atomic E-state index is 8.77. The van der Waals surface area contributed by atoms with Gasteiger partial charge in [0.1, 0.15) is 11.3 Å². The third-order valence-corrected chi connectivity index (χ3v) is 4.87. The molecular formula is C18H17N7S. The molecule has 2 N–H and O–H groups in total. The topological polar surface area (TPSA) is 99.4 Å². The van der Waals surface area contributed by atoms with Gasteiger partial charge in [-0.05, 0) is 43.4 Å². The Kier molecular flexibility index (Phi) is 4.71. The first-order chi connectivity index (χ1) is 12.8. The summed E-state index contributed by atoms with van der Waals surface area (Å²) in [4.78, 5) is 9.38. The largest absolute Gasteiger partial charge is 0.324 e. The van der Waals surface area contributed by atoms with Gasteiger partial charge < -0.3 is 10.6 Å². The van der Waals surface area contributed by atoms with Crippen molar-refractivity contribution in [3.8, 4) is 6.07 Å². The van der Waals surface area contributed by atoms with Crippen molar-refractivity contribution in [2.75, 3.05) is 10.6 Å². The lowest BCUT2D eigenvalue weighted by Crippen LogP contribution is -2.13. The Morgan fingerprint density at radius 3 is 2.69 bits per heavy atom. The van der Waals surface area contributed by atoms with Gasteiger partial charge in [0.25, 0.3) is 0 Å². The highest BCUT2D eigenvalue weighted by Gasteiger charge is 2.18. The third-order valence-electron chi connectivity index (χ3n) is 4.26. The van der Waals surface area contributed by atoms with Crippen LogP contribution in [0.1, 0.15) is 29.7 Å². The number of hydrogen-bond acceptors (Lipinski definition) is 8. The van der Waals surface area contributed by atoms with E-state index in [-0.39, 0.29) is 0 Å². The van der Waals surface area contributed by atoms with Gasteiger partial charge in [0, 0.05) is 11.3 Å². The highest BCUT2D eigenvalue weighted by Crippen LogP contribution is 2.30. The number of nitriles is 1. The van der Waals surface area contributed by atoms with Gasteiger partial charge in [0.05, 0.1) is 18.2 Å². The first kappa shape index (κ1) is 16.4. The molecule has 0 spiro atoms. The van der Waals surface area contributed by atoms with Crippen LogP contribution in [0.5, 0.6) is 0 Å². The zero-order chi connectivity index (χ0) is 17.8. The molecule has 0 saturated carbocycles. The van der Waals surface area contributed by atoms with E-state index >= 15 is 0 Å². The average Bonchev–Trinajstić information content (AvgIpc) is 3.17. The van der Waals surface area contributed by atoms with Crippen molar-refractivity contribution < 1.29 is 0 Å². The summed E-state index contributed by atoms with van der Waals surface area (Å²) in [5, 5.41) is 24.0. The number of aryl methyl sites for hydroxylation is 1. The predicted octanol–water partition coefficient (Wildman–Crippen LogP) is 3.76. The van der Waals surface area contributed by atoms with Gasteiger partial charge in [-0.3, -0.25) is 0 Å². The van der Waals surface area contributed by atoms with Crippen molar-refractivity contribution in [2.45, 2.75) is 32.1 Å². The van der Waals surface area contributed by atoms with Crippen molar-refractivity contribution in [2.24, 2.45) is 0 Å². The van der Waals surface area contributed by atoms with E-state index in [0.29, 0.717) is 12.4 Å². The summed E-state index contributed by atoms with van der Waals surface area (Å²) in [5.74, 6) is 1.36. The molecule has 2 heterocycles. The van der Waals surface area contributed by atoms with E-state index < -0.39 is 0 Å². The second-order valence-electron chi connectivity index (χ2n) is 6.05. The fraction of sp³-hybridized carbons (Fsp3) is 0.278. The molecule has 0 unspecified atom stereocenters. The molecule has 1 aliphatic carbocycles. The van der Waals surface area contributed by atoms with Crippen LogP contribution < -0.4 is 10.6 Å². The molecular weight excluding hydrogens is 346 g/mol. The Morgan fingerprint density at radius 1 is 1.08 bits per heavy atom. The Balaban J connectivity index is 1.62. The van der Waals surface area contributed by atoms with Crippen molar-refractivity contribution in [3.05, 3.63) is 46.6 Å². The van der Waals surface area contributed by atoms with Crippen molar-refractivity contribution in [3.63, 3.8) is 0 Å². The van der Waals surface area contributed by atoms with Gasteiger partial charge in [-0.2, -0.15) is 10.2 Å². The van der Waals surface area contributed by atoms with E-state index in [1.807, 2.05) is 24.3 Å². The number of nitrogens with zero attached hydrogens (tertiary/aromatic N) is 5. The van der Waals surface area contributed by atoms with Gasteiger partial charge in [0.15, 0.2) is 0 Å². The first-order valence-electron chi connectivity index (χ1n) is 8.48. The van der Waals surface area contributed by atoms with Crippen LogP contribution in [0.4, 0.5) is 22.6 Å². The fourth-order valence-corrected chi connectivity index (χ4v) is 3.45. The Hall–Kier alpha value is -3.05. The molecule has 1 aromatic carbocycles. The summed E-state index contributed by atoms with van der Waals surface area (Å²) in [6.07, 6.45) is 4.63. The monoisotopic (exact) mass is 363 g/mol. The standard InChI is InChI=1S/C18H17N7S/c19-10-9-12-5-7-13(8-6-12)21-17-22-15-4-2-1-3-14(15)16(23-17)24-18-25-20-11-26-18/h5-8,11H,1-4,9H2,(H2,21,22,23,24,25). The summed E-state index contributed by atoms with van der Waals surface area (Å²) in [6, 6.07) is 9.90. The average molecular weight is 363 g/mol. The smallest absolute Gasteiger partial charge is 0.229 e. The fourth-order valence-electron chi connectivity index (χ4n) is 3.01. The van der Waals surface area contributed by atoms with Gasteiger partial charge in [-0.1, -0.05) is 23.5 Å². The van der Waals surface area contributed by atoms with Crippen LogP contribution >= 0.6 is 11.3 Å². The van der Waals surface area contributed by atoms with Crippen molar-refractivity contribution >= 4 is 33.9 Å². The van der Waals surface area contributed by atoms with Crippen LogP contribution in [0.2, 0.25) is 0 Å². The molecule has 0 amide bonds. The number of fused-ring (bicyclic) bond motifs is 1. The quantitative estimate of drug-likeness (QED) is 0.712. The summed E-state index contributed by atoms with van der Waals surface area (Å²) < 4.78 is 0. The van der Waals surface area contributed by atoms with Crippen LogP contribution in [0.3, 0.4) is 0 Å². The number of hydrogen-bond donors (Lipinski definition) is 2. The number of rotatable bonds is 5. The molecule has 4 rings (SSSR count). The number of benzene rings is 1. The molecule has 0 bridgehead atoms. The minimum absolute atomic E-state index is 0.408. The molecule has 26 heavy (non-hydrogen) atoms. The van der Waals surface area contributed by atoms with E-state index in [9.17, 15) is 0 Å². The van der Waals surface area contributed by atoms with Crippen molar-refractivity contribution in [1.29, 1.82) is 5.26 Å². The minimum Gasteiger partial charge on any atom is -0.324 e. The molecule has 3 aromatic rings. The summed E-state index contributed by atoms with van der Waals surface area (Å²) in [6.45, 7) is 0. The summed E-state index contributed by atoms with van der Waals surface area (Å²) >= 11 is 1.44. The van der Waals surface area contributed by atoms with Crippen LogP contribution in [0, 0.1) is 11.3 Å². The van der Waals surface area contributed by atoms with E-state index in [4.69, 9.17) is 10.2 Å². The highest BCUT2D eigenvalue weighted by molar-refractivity contribution is 7.13. The Morgan fingerprint density at radius 2 is 1.92 bits per heavy atom. The van der Waals surface area contributed by atoms with Crippen LogP contribution in [0.15, 0.2) is 29.8 Å². The predicted molar refractivity (Wildman–Crippen MR) is 101 cm³/mol. The van der Waals surface area contributed by atoms with Gasteiger partial charge in [-0.25, -0.2) is 4.98 Å². The van der Waals surface area contributed by atoms with Crippen LogP contribution in [-0.4, -0.2) is 20.2 Å². The van der Waals surface area contributed by atoms with Crippen LogP contribution in [0.25, 0.3) is 0 Å². The van der Waals surface area contributed by atoms with Crippen molar-refractivity contribution in [1.82, 2.24) is 20.2 Å². The molecule has 8 heteroatoms. The van der Waals surface area contributed by atoms with E-state index in [1.165, 1.54) is 16.9 Å². The number of aromatic nitrogens is 4. The highest BCUT2D eigenvalue weighted by atomic mass is 32.1. The number of anilines is 4.